The normalized spacial score (nSPS) is 21.4. The Morgan fingerprint density at radius 2 is 2.29 bits per heavy atom. The summed E-state index contributed by atoms with van der Waals surface area (Å²) in [6.45, 7) is 2.03. The third-order valence-electron chi connectivity index (χ3n) is 3.91. The number of ether oxygens (including phenoxy) is 1. The average molecular weight is 306 g/mol. The van der Waals surface area contributed by atoms with Crippen LogP contribution in [0.5, 0.6) is 0 Å². The maximum atomic E-state index is 10.8. The fourth-order valence-corrected chi connectivity index (χ4v) is 3.51. The SMILES string of the molecule is COC1CC(n2c(SCC(=O)O)nc3cc(C)ccc32)C1. The Morgan fingerprint density at radius 1 is 1.52 bits per heavy atom. The van der Waals surface area contributed by atoms with Gasteiger partial charge in [0.25, 0.3) is 0 Å². The molecule has 112 valence electrons. The van der Waals surface area contributed by atoms with Crippen LogP contribution in [0.2, 0.25) is 0 Å². The number of nitrogens with zero attached hydrogens (tertiary/aromatic N) is 2. The summed E-state index contributed by atoms with van der Waals surface area (Å²) < 4.78 is 7.53. The number of hydrogen-bond donors (Lipinski definition) is 1. The lowest BCUT2D eigenvalue weighted by Crippen LogP contribution is -2.32. The number of carboxylic acid groups (broad SMARTS) is 1. The lowest BCUT2D eigenvalue weighted by Gasteiger charge is -2.36. The minimum atomic E-state index is -0.821. The molecule has 1 heterocycles. The third-order valence-corrected chi connectivity index (χ3v) is 4.84. The van der Waals surface area contributed by atoms with Crippen LogP contribution in [0, 0.1) is 6.92 Å². The molecule has 0 aliphatic heterocycles. The largest absolute Gasteiger partial charge is 0.481 e. The van der Waals surface area contributed by atoms with E-state index in [2.05, 4.69) is 21.7 Å². The number of hydrogen-bond acceptors (Lipinski definition) is 4. The maximum absolute atomic E-state index is 10.8. The van der Waals surface area contributed by atoms with Crippen LogP contribution < -0.4 is 0 Å². The van der Waals surface area contributed by atoms with Crippen LogP contribution in [0.1, 0.15) is 24.4 Å². The van der Waals surface area contributed by atoms with E-state index < -0.39 is 5.97 Å². The van der Waals surface area contributed by atoms with Crippen molar-refractivity contribution < 1.29 is 14.6 Å². The number of carbonyl (C=O) groups is 1. The number of benzene rings is 1. The van der Waals surface area contributed by atoms with E-state index in [1.165, 1.54) is 11.8 Å². The summed E-state index contributed by atoms with van der Waals surface area (Å²) in [6, 6.07) is 6.53. The van der Waals surface area contributed by atoms with Gasteiger partial charge >= 0.3 is 5.97 Å². The molecular formula is C15H18N2O3S. The maximum Gasteiger partial charge on any atom is 0.313 e. The van der Waals surface area contributed by atoms with Crippen molar-refractivity contribution in [3.05, 3.63) is 23.8 Å². The fraction of sp³-hybridized carbons (Fsp3) is 0.467. The van der Waals surface area contributed by atoms with Gasteiger partial charge in [0.05, 0.1) is 22.9 Å². The zero-order chi connectivity index (χ0) is 15.0. The highest BCUT2D eigenvalue weighted by Gasteiger charge is 2.33. The average Bonchev–Trinajstić information content (AvgIpc) is 2.73. The van der Waals surface area contributed by atoms with Gasteiger partial charge in [-0.2, -0.15) is 0 Å². The molecule has 2 aromatic rings. The number of methoxy groups -OCH3 is 1. The van der Waals surface area contributed by atoms with Crippen molar-refractivity contribution in [3.63, 3.8) is 0 Å². The number of aromatic nitrogens is 2. The minimum Gasteiger partial charge on any atom is -0.481 e. The van der Waals surface area contributed by atoms with E-state index in [-0.39, 0.29) is 5.75 Å². The van der Waals surface area contributed by atoms with Crippen LogP contribution in [-0.4, -0.2) is 39.6 Å². The summed E-state index contributed by atoms with van der Waals surface area (Å²) in [5, 5.41) is 9.69. The Balaban J connectivity index is 1.97. The molecule has 1 N–H and O–H groups in total. The topological polar surface area (TPSA) is 64.3 Å². The van der Waals surface area contributed by atoms with Crippen molar-refractivity contribution in [1.82, 2.24) is 9.55 Å². The summed E-state index contributed by atoms with van der Waals surface area (Å²) in [6.07, 6.45) is 2.21. The molecule has 0 radical (unpaired) electrons. The van der Waals surface area contributed by atoms with Gasteiger partial charge in [0.15, 0.2) is 5.16 Å². The Kier molecular flexibility index (Phi) is 3.91. The van der Waals surface area contributed by atoms with Crippen molar-refractivity contribution in [1.29, 1.82) is 0 Å². The Bertz CT molecular complexity index is 677. The molecule has 6 heteroatoms. The molecule has 0 spiro atoms. The van der Waals surface area contributed by atoms with Gasteiger partial charge in [-0.1, -0.05) is 17.8 Å². The van der Waals surface area contributed by atoms with Gasteiger partial charge in [-0.3, -0.25) is 4.79 Å². The minimum absolute atomic E-state index is 0.0305. The van der Waals surface area contributed by atoms with E-state index in [9.17, 15) is 4.79 Å². The monoisotopic (exact) mass is 306 g/mol. The summed E-state index contributed by atoms with van der Waals surface area (Å²) in [4.78, 5) is 15.4. The van der Waals surface area contributed by atoms with Gasteiger partial charge in [-0.05, 0) is 37.5 Å². The number of aryl methyl sites for hydroxylation is 1. The van der Waals surface area contributed by atoms with Gasteiger partial charge in [0.2, 0.25) is 0 Å². The highest BCUT2D eigenvalue weighted by atomic mass is 32.2. The molecule has 1 aliphatic rings. The van der Waals surface area contributed by atoms with Crippen molar-refractivity contribution in [2.45, 2.75) is 37.1 Å². The van der Waals surface area contributed by atoms with Crippen molar-refractivity contribution >= 4 is 28.8 Å². The van der Waals surface area contributed by atoms with Crippen LogP contribution in [0.15, 0.2) is 23.4 Å². The molecule has 0 saturated heterocycles. The first kappa shape index (κ1) is 14.4. The van der Waals surface area contributed by atoms with E-state index in [1.807, 2.05) is 13.0 Å². The van der Waals surface area contributed by atoms with E-state index in [1.54, 1.807) is 7.11 Å². The molecule has 1 aromatic carbocycles. The fourth-order valence-electron chi connectivity index (χ4n) is 2.71. The van der Waals surface area contributed by atoms with Gasteiger partial charge in [-0.25, -0.2) is 4.98 Å². The Labute approximate surface area is 127 Å². The standard InChI is InChI=1S/C15H18N2O3S/c1-9-3-4-13-12(5-9)16-15(21-8-14(18)19)17(13)10-6-11(7-10)20-2/h3-5,10-11H,6-8H2,1-2H3,(H,18,19). The molecule has 1 saturated carbocycles. The number of fused-ring (bicyclic) bond motifs is 1. The van der Waals surface area contributed by atoms with Crippen molar-refractivity contribution in [2.24, 2.45) is 0 Å². The summed E-state index contributed by atoms with van der Waals surface area (Å²) >= 11 is 1.28. The van der Waals surface area contributed by atoms with Crippen LogP contribution in [0.4, 0.5) is 0 Å². The molecule has 0 amide bonds. The lowest BCUT2D eigenvalue weighted by molar-refractivity contribution is -0.133. The van der Waals surface area contributed by atoms with Crippen LogP contribution in [0.25, 0.3) is 11.0 Å². The van der Waals surface area contributed by atoms with Gasteiger partial charge in [0.1, 0.15) is 0 Å². The molecule has 3 rings (SSSR count). The number of imidazole rings is 1. The van der Waals surface area contributed by atoms with Gasteiger partial charge in [-0.15, -0.1) is 0 Å². The quantitative estimate of drug-likeness (QED) is 0.861. The smallest absolute Gasteiger partial charge is 0.313 e. The highest BCUT2D eigenvalue weighted by molar-refractivity contribution is 7.99. The molecular weight excluding hydrogens is 288 g/mol. The first-order chi connectivity index (χ1) is 10.1. The second-order valence-electron chi connectivity index (χ2n) is 5.42. The second-order valence-corrected chi connectivity index (χ2v) is 6.36. The first-order valence-electron chi connectivity index (χ1n) is 6.94. The number of aliphatic carboxylic acids is 1. The van der Waals surface area contributed by atoms with Crippen molar-refractivity contribution in [2.75, 3.05) is 12.9 Å². The lowest BCUT2D eigenvalue weighted by atomic mass is 9.89. The van der Waals surface area contributed by atoms with E-state index >= 15 is 0 Å². The predicted molar refractivity (Wildman–Crippen MR) is 81.9 cm³/mol. The van der Waals surface area contributed by atoms with Gasteiger partial charge in [0, 0.05) is 13.2 Å². The molecule has 21 heavy (non-hydrogen) atoms. The zero-order valence-electron chi connectivity index (χ0n) is 12.1. The van der Waals surface area contributed by atoms with Crippen LogP contribution in [-0.2, 0) is 9.53 Å². The third kappa shape index (κ3) is 2.78. The van der Waals surface area contributed by atoms with Crippen LogP contribution in [0.3, 0.4) is 0 Å². The summed E-state index contributed by atoms with van der Waals surface area (Å²) in [5.74, 6) is -0.791. The van der Waals surface area contributed by atoms with E-state index in [4.69, 9.17) is 9.84 Å². The number of carboxylic acids is 1. The predicted octanol–water partition coefficient (Wildman–Crippen LogP) is 2.87. The molecule has 1 fully saturated rings. The molecule has 0 unspecified atom stereocenters. The molecule has 1 aliphatic carbocycles. The Morgan fingerprint density at radius 3 is 2.95 bits per heavy atom. The van der Waals surface area contributed by atoms with E-state index in [0.717, 1.165) is 34.6 Å². The summed E-state index contributed by atoms with van der Waals surface area (Å²) in [5.41, 5.74) is 3.17. The van der Waals surface area contributed by atoms with Gasteiger partial charge < -0.3 is 14.4 Å². The molecule has 5 nitrogen and oxygen atoms in total. The highest BCUT2D eigenvalue weighted by Crippen LogP contribution is 2.39. The molecule has 0 bridgehead atoms. The second kappa shape index (κ2) is 5.69. The Hall–Kier alpha value is -1.53. The van der Waals surface area contributed by atoms with Crippen molar-refractivity contribution in [3.8, 4) is 0 Å². The molecule has 0 atom stereocenters. The number of rotatable bonds is 5. The first-order valence-corrected chi connectivity index (χ1v) is 7.93. The van der Waals surface area contributed by atoms with E-state index in [0.29, 0.717) is 12.1 Å². The van der Waals surface area contributed by atoms with Crippen LogP contribution >= 0.6 is 11.8 Å². The summed E-state index contributed by atoms with van der Waals surface area (Å²) in [7, 11) is 1.73. The zero-order valence-corrected chi connectivity index (χ0v) is 12.9. The number of thioether (sulfide) groups is 1. The molecule has 1 aromatic heterocycles.